The largest absolute Gasteiger partial charge is 0.395 e. The van der Waals surface area contributed by atoms with Crippen molar-refractivity contribution in [3.63, 3.8) is 0 Å². The lowest BCUT2D eigenvalue weighted by molar-refractivity contribution is 0.305. The summed E-state index contributed by atoms with van der Waals surface area (Å²) in [6.45, 7) is 2.22. The molecule has 0 saturated heterocycles. The Labute approximate surface area is 130 Å². The first kappa shape index (κ1) is 14.2. The van der Waals surface area contributed by atoms with Crippen LogP contribution in [0, 0.1) is 11.8 Å². The summed E-state index contributed by atoms with van der Waals surface area (Å²) in [6.07, 6.45) is 2.97. The molecular weight excluding hydrogens is 278 g/mol. The lowest BCUT2D eigenvalue weighted by Crippen LogP contribution is -2.28. The Morgan fingerprint density at radius 1 is 1.19 bits per heavy atom. The van der Waals surface area contributed by atoms with Crippen LogP contribution in [-0.4, -0.2) is 18.3 Å². The molecule has 0 fully saturated rings. The van der Waals surface area contributed by atoms with Gasteiger partial charge in [-0.1, -0.05) is 30.0 Å². The Morgan fingerprint density at radius 2 is 2.10 bits per heavy atom. The Kier molecular flexibility index (Phi) is 4.59. The standard InChI is InChI=1S/C18H19NOS/c20-13-4-3-8-16-10-11-17(21-16)14-19-12-5-7-15-6-1-2-9-18(15)19/h1-2,6,9-11,20H,4-5,7,12-14H2. The van der Waals surface area contributed by atoms with Gasteiger partial charge in [-0.2, -0.15) is 0 Å². The van der Waals surface area contributed by atoms with Gasteiger partial charge in [0.05, 0.1) is 18.0 Å². The van der Waals surface area contributed by atoms with Gasteiger partial charge in [0, 0.05) is 23.5 Å². The summed E-state index contributed by atoms with van der Waals surface area (Å²) >= 11 is 1.75. The van der Waals surface area contributed by atoms with Crippen LogP contribution < -0.4 is 4.90 Å². The van der Waals surface area contributed by atoms with Crippen LogP contribution in [-0.2, 0) is 13.0 Å². The molecule has 1 aromatic carbocycles. The lowest BCUT2D eigenvalue weighted by Gasteiger charge is -2.30. The van der Waals surface area contributed by atoms with Crippen LogP contribution in [0.3, 0.4) is 0 Å². The normalized spacial score (nSPS) is 13.5. The molecule has 21 heavy (non-hydrogen) atoms. The average molecular weight is 297 g/mol. The van der Waals surface area contributed by atoms with E-state index in [0.29, 0.717) is 6.42 Å². The monoisotopic (exact) mass is 297 g/mol. The molecule has 2 aromatic rings. The van der Waals surface area contributed by atoms with E-state index in [2.05, 4.69) is 53.1 Å². The number of thiophene rings is 1. The van der Waals surface area contributed by atoms with E-state index < -0.39 is 0 Å². The van der Waals surface area contributed by atoms with Crippen molar-refractivity contribution in [3.8, 4) is 11.8 Å². The highest BCUT2D eigenvalue weighted by Crippen LogP contribution is 2.29. The Morgan fingerprint density at radius 3 is 3.00 bits per heavy atom. The predicted octanol–water partition coefficient (Wildman–Crippen LogP) is 3.43. The van der Waals surface area contributed by atoms with E-state index in [1.165, 1.54) is 29.0 Å². The number of para-hydroxylation sites is 1. The SMILES string of the molecule is OCCC#Cc1ccc(CN2CCCc3ccccc32)s1. The van der Waals surface area contributed by atoms with Gasteiger partial charge in [-0.15, -0.1) is 11.3 Å². The quantitative estimate of drug-likeness (QED) is 0.877. The highest BCUT2D eigenvalue weighted by atomic mass is 32.1. The van der Waals surface area contributed by atoms with E-state index >= 15 is 0 Å². The molecule has 1 aliphatic heterocycles. The summed E-state index contributed by atoms with van der Waals surface area (Å²) in [6, 6.07) is 13.0. The predicted molar refractivity (Wildman–Crippen MR) is 88.7 cm³/mol. The number of benzene rings is 1. The van der Waals surface area contributed by atoms with E-state index in [4.69, 9.17) is 5.11 Å². The Hall–Kier alpha value is -1.76. The number of rotatable bonds is 3. The minimum absolute atomic E-state index is 0.135. The molecule has 3 rings (SSSR count). The third-order valence-corrected chi connectivity index (χ3v) is 4.65. The van der Waals surface area contributed by atoms with Gasteiger partial charge in [-0.05, 0) is 36.6 Å². The van der Waals surface area contributed by atoms with Crippen molar-refractivity contribution in [3.05, 3.63) is 51.7 Å². The summed E-state index contributed by atoms with van der Waals surface area (Å²) < 4.78 is 0. The van der Waals surface area contributed by atoms with Crippen molar-refractivity contribution in [1.82, 2.24) is 0 Å². The van der Waals surface area contributed by atoms with E-state index in [0.717, 1.165) is 18.0 Å². The first-order valence-electron chi connectivity index (χ1n) is 7.38. The van der Waals surface area contributed by atoms with Gasteiger partial charge < -0.3 is 10.0 Å². The van der Waals surface area contributed by atoms with E-state index in [1.54, 1.807) is 11.3 Å². The van der Waals surface area contributed by atoms with Gasteiger partial charge in [-0.3, -0.25) is 0 Å². The second-order valence-electron chi connectivity index (χ2n) is 5.20. The molecular formula is C18H19NOS. The van der Waals surface area contributed by atoms with E-state index in [1.807, 2.05) is 0 Å². The zero-order valence-corrected chi connectivity index (χ0v) is 12.8. The molecule has 1 aromatic heterocycles. The van der Waals surface area contributed by atoms with Gasteiger partial charge in [0.25, 0.3) is 0 Å². The highest BCUT2D eigenvalue weighted by Gasteiger charge is 2.16. The molecule has 1 aliphatic rings. The van der Waals surface area contributed by atoms with Gasteiger partial charge in [0.15, 0.2) is 0 Å². The van der Waals surface area contributed by atoms with Crippen LogP contribution in [0.5, 0.6) is 0 Å². The molecule has 3 heteroatoms. The van der Waals surface area contributed by atoms with E-state index in [9.17, 15) is 0 Å². The average Bonchev–Trinajstić information content (AvgIpc) is 2.96. The van der Waals surface area contributed by atoms with Crippen LogP contribution >= 0.6 is 11.3 Å². The van der Waals surface area contributed by atoms with Crippen molar-refractivity contribution < 1.29 is 5.11 Å². The second kappa shape index (κ2) is 6.80. The lowest BCUT2D eigenvalue weighted by atomic mass is 10.0. The summed E-state index contributed by atoms with van der Waals surface area (Å²) in [4.78, 5) is 4.90. The molecule has 0 spiro atoms. The third-order valence-electron chi connectivity index (χ3n) is 3.66. The van der Waals surface area contributed by atoms with Gasteiger partial charge >= 0.3 is 0 Å². The first-order valence-corrected chi connectivity index (χ1v) is 8.20. The van der Waals surface area contributed by atoms with Crippen molar-refractivity contribution >= 4 is 17.0 Å². The van der Waals surface area contributed by atoms with Crippen molar-refractivity contribution in [2.24, 2.45) is 0 Å². The number of anilines is 1. The Bertz CT molecular complexity index is 665. The minimum Gasteiger partial charge on any atom is -0.395 e. The van der Waals surface area contributed by atoms with Crippen molar-refractivity contribution in [2.75, 3.05) is 18.1 Å². The molecule has 0 saturated carbocycles. The molecule has 108 valence electrons. The number of aliphatic hydroxyl groups excluding tert-OH is 1. The second-order valence-corrected chi connectivity index (χ2v) is 6.36. The molecule has 2 nitrogen and oxygen atoms in total. The number of hydrogen-bond acceptors (Lipinski definition) is 3. The first-order chi connectivity index (χ1) is 10.4. The van der Waals surface area contributed by atoms with Crippen LogP contribution in [0.1, 0.15) is 28.2 Å². The number of hydrogen-bond donors (Lipinski definition) is 1. The van der Waals surface area contributed by atoms with Crippen molar-refractivity contribution in [2.45, 2.75) is 25.8 Å². The van der Waals surface area contributed by atoms with Crippen LogP contribution in [0.2, 0.25) is 0 Å². The van der Waals surface area contributed by atoms with Crippen LogP contribution in [0.4, 0.5) is 5.69 Å². The van der Waals surface area contributed by atoms with Gasteiger partial charge in [0.2, 0.25) is 0 Å². The fourth-order valence-electron chi connectivity index (χ4n) is 2.70. The van der Waals surface area contributed by atoms with E-state index in [-0.39, 0.29) is 6.61 Å². The highest BCUT2D eigenvalue weighted by molar-refractivity contribution is 7.12. The zero-order chi connectivity index (χ0) is 14.5. The summed E-state index contributed by atoms with van der Waals surface area (Å²) in [5, 5.41) is 8.75. The number of aryl methyl sites for hydroxylation is 1. The summed E-state index contributed by atoms with van der Waals surface area (Å²) in [7, 11) is 0. The number of nitrogens with zero attached hydrogens (tertiary/aromatic N) is 1. The molecule has 0 atom stereocenters. The fraction of sp³-hybridized carbons (Fsp3) is 0.333. The topological polar surface area (TPSA) is 23.5 Å². The molecule has 0 bridgehead atoms. The fourth-order valence-corrected chi connectivity index (χ4v) is 3.60. The van der Waals surface area contributed by atoms with Crippen LogP contribution in [0.15, 0.2) is 36.4 Å². The zero-order valence-electron chi connectivity index (χ0n) is 12.0. The number of aliphatic hydroxyl groups is 1. The molecule has 0 radical (unpaired) electrons. The van der Waals surface area contributed by atoms with Gasteiger partial charge in [0.1, 0.15) is 0 Å². The summed E-state index contributed by atoms with van der Waals surface area (Å²) in [5.74, 6) is 6.09. The maximum absolute atomic E-state index is 8.75. The Balaban J connectivity index is 1.72. The van der Waals surface area contributed by atoms with Crippen LogP contribution in [0.25, 0.3) is 0 Å². The number of fused-ring (bicyclic) bond motifs is 1. The molecule has 2 heterocycles. The van der Waals surface area contributed by atoms with Gasteiger partial charge in [-0.25, -0.2) is 0 Å². The molecule has 0 aliphatic carbocycles. The maximum atomic E-state index is 8.75. The molecule has 0 amide bonds. The molecule has 0 unspecified atom stereocenters. The molecule has 1 N–H and O–H groups in total. The minimum atomic E-state index is 0.135. The van der Waals surface area contributed by atoms with Crippen molar-refractivity contribution in [1.29, 1.82) is 0 Å². The maximum Gasteiger partial charge on any atom is 0.0772 e. The summed E-state index contributed by atoms with van der Waals surface area (Å²) in [5.41, 5.74) is 2.84. The third kappa shape index (κ3) is 3.47. The smallest absolute Gasteiger partial charge is 0.0772 e.